The third kappa shape index (κ3) is 3.00. The maximum atomic E-state index is 10.0. The minimum absolute atomic E-state index is 0.390. The van der Waals surface area contributed by atoms with Crippen molar-refractivity contribution >= 4 is 11.3 Å². The molecule has 1 N–H and O–H groups in total. The van der Waals surface area contributed by atoms with Crippen molar-refractivity contribution in [3.63, 3.8) is 0 Å². The quantitative estimate of drug-likeness (QED) is 0.863. The smallest absolute Gasteiger partial charge is 0.0958 e. The number of nitrogens with zero attached hydrogens (tertiary/aromatic N) is 1. The van der Waals surface area contributed by atoms with Gasteiger partial charge in [0, 0.05) is 13.0 Å². The van der Waals surface area contributed by atoms with E-state index >= 15 is 0 Å². The van der Waals surface area contributed by atoms with Crippen LogP contribution in [-0.4, -0.2) is 17.2 Å². The summed E-state index contributed by atoms with van der Waals surface area (Å²) in [6.45, 7) is 8.23. The number of ether oxygens (including phenoxy) is 1. The predicted molar refractivity (Wildman–Crippen MR) is 62.2 cm³/mol. The van der Waals surface area contributed by atoms with E-state index in [1.54, 1.807) is 32.3 Å². The van der Waals surface area contributed by atoms with Gasteiger partial charge in [0.05, 0.1) is 27.8 Å². The van der Waals surface area contributed by atoms with Gasteiger partial charge in [0.1, 0.15) is 0 Å². The molecule has 1 aromatic heterocycles. The van der Waals surface area contributed by atoms with Crippen molar-refractivity contribution in [2.45, 2.75) is 45.8 Å². The summed E-state index contributed by atoms with van der Waals surface area (Å²) < 4.78 is 5.09. The van der Waals surface area contributed by atoms with Crippen LogP contribution in [0.25, 0.3) is 0 Å². The monoisotopic (exact) mass is 229 g/mol. The van der Waals surface area contributed by atoms with Crippen LogP contribution in [0.15, 0.2) is 0 Å². The lowest BCUT2D eigenvalue weighted by Gasteiger charge is -2.16. The highest BCUT2D eigenvalue weighted by atomic mass is 32.1. The molecule has 0 unspecified atom stereocenters. The molecule has 0 saturated carbocycles. The molecule has 15 heavy (non-hydrogen) atoms. The molecule has 0 aromatic carbocycles. The molecule has 0 aliphatic heterocycles. The number of methoxy groups -OCH3 is 1. The van der Waals surface area contributed by atoms with Crippen molar-refractivity contribution in [1.29, 1.82) is 0 Å². The molecule has 0 radical (unpaired) electrons. The second-order valence-corrected chi connectivity index (χ2v) is 5.51. The van der Waals surface area contributed by atoms with Crippen molar-refractivity contribution in [2.75, 3.05) is 7.11 Å². The summed E-state index contributed by atoms with van der Waals surface area (Å²) in [5.41, 5.74) is 0.0253. The molecule has 86 valence electrons. The van der Waals surface area contributed by atoms with E-state index in [4.69, 9.17) is 4.74 Å². The maximum absolute atomic E-state index is 10.0. The molecule has 0 bridgehead atoms. The first-order valence-electron chi connectivity index (χ1n) is 5.07. The molecular weight excluding hydrogens is 210 g/mol. The van der Waals surface area contributed by atoms with Crippen molar-refractivity contribution in [3.05, 3.63) is 15.6 Å². The van der Waals surface area contributed by atoms with E-state index in [0.717, 1.165) is 15.6 Å². The first kappa shape index (κ1) is 12.6. The van der Waals surface area contributed by atoms with E-state index in [1.807, 2.05) is 0 Å². The molecule has 0 spiro atoms. The van der Waals surface area contributed by atoms with Gasteiger partial charge >= 0.3 is 0 Å². The van der Waals surface area contributed by atoms with E-state index in [0.29, 0.717) is 12.5 Å². The molecule has 0 aliphatic rings. The van der Waals surface area contributed by atoms with Crippen LogP contribution in [0.1, 0.15) is 49.2 Å². The van der Waals surface area contributed by atoms with Crippen molar-refractivity contribution in [3.8, 4) is 0 Å². The number of hydrogen-bond donors (Lipinski definition) is 1. The fourth-order valence-electron chi connectivity index (χ4n) is 1.33. The summed E-state index contributed by atoms with van der Waals surface area (Å²) in [6, 6.07) is 0. The van der Waals surface area contributed by atoms with Crippen LogP contribution >= 0.6 is 11.3 Å². The molecule has 0 atom stereocenters. The second kappa shape index (κ2) is 4.60. The lowest BCUT2D eigenvalue weighted by molar-refractivity contribution is 0.0782. The molecule has 0 fully saturated rings. The van der Waals surface area contributed by atoms with Crippen molar-refractivity contribution in [1.82, 2.24) is 4.98 Å². The molecule has 1 heterocycles. The number of thiazole rings is 1. The molecule has 3 nitrogen and oxygen atoms in total. The van der Waals surface area contributed by atoms with Crippen LogP contribution in [0.3, 0.4) is 0 Å². The van der Waals surface area contributed by atoms with Crippen molar-refractivity contribution in [2.24, 2.45) is 0 Å². The number of aromatic nitrogens is 1. The zero-order valence-electron chi connectivity index (χ0n) is 10.00. The Balaban J connectivity index is 3.12. The van der Waals surface area contributed by atoms with E-state index in [2.05, 4.69) is 18.8 Å². The molecule has 1 rings (SSSR count). The van der Waals surface area contributed by atoms with Crippen LogP contribution < -0.4 is 0 Å². The number of aliphatic hydroxyl groups is 1. The van der Waals surface area contributed by atoms with Gasteiger partial charge in [-0.25, -0.2) is 4.98 Å². The summed E-state index contributed by atoms with van der Waals surface area (Å²) in [7, 11) is 1.64. The summed E-state index contributed by atoms with van der Waals surface area (Å²) >= 11 is 1.57. The van der Waals surface area contributed by atoms with Gasteiger partial charge in [0.2, 0.25) is 0 Å². The average molecular weight is 229 g/mol. The highest BCUT2D eigenvalue weighted by Gasteiger charge is 2.25. The Morgan fingerprint density at radius 1 is 1.47 bits per heavy atom. The van der Waals surface area contributed by atoms with Gasteiger partial charge in [-0.3, -0.25) is 0 Å². The highest BCUT2D eigenvalue weighted by Crippen LogP contribution is 2.33. The topological polar surface area (TPSA) is 42.4 Å². The summed E-state index contributed by atoms with van der Waals surface area (Å²) in [6.07, 6.45) is 0. The molecular formula is C11H19NO2S. The van der Waals surface area contributed by atoms with Gasteiger partial charge in [-0.2, -0.15) is 0 Å². The zero-order valence-corrected chi connectivity index (χ0v) is 10.8. The van der Waals surface area contributed by atoms with Gasteiger partial charge in [-0.05, 0) is 13.8 Å². The Labute approximate surface area is 95.1 Å². The zero-order chi connectivity index (χ0) is 11.6. The van der Waals surface area contributed by atoms with Crippen molar-refractivity contribution < 1.29 is 9.84 Å². The van der Waals surface area contributed by atoms with E-state index in [9.17, 15) is 5.11 Å². The maximum Gasteiger partial charge on any atom is 0.0958 e. The normalized spacial score (nSPS) is 12.5. The largest absolute Gasteiger partial charge is 0.385 e. The lowest BCUT2D eigenvalue weighted by atomic mass is 10.1. The van der Waals surface area contributed by atoms with Crippen LogP contribution in [0.5, 0.6) is 0 Å². The van der Waals surface area contributed by atoms with Gasteiger partial charge in [0.25, 0.3) is 0 Å². The molecule has 0 saturated heterocycles. The van der Waals surface area contributed by atoms with Crippen LogP contribution in [0.2, 0.25) is 0 Å². The third-order valence-electron chi connectivity index (χ3n) is 2.04. The summed E-state index contributed by atoms with van der Waals surface area (Å²) in [4.78, 5) is 5.41. The fraction of sp³-hybridized carbons (Fsp3) is 0.727. The molecule has 0 amide bonds. The Hall–Kier alpha value is -0.450. The standard InChI is InChI=1S/C11H19NO2S/c1-7(2)10-12-8(6-14-5)9(15-10)11(3,4)13/h7,13H,6H2,1-5H3. The van der Waals surface area contributed by atoms with Gasteiger partial charge in [-0.15, -0.1) is 11.3 Å². The average Bonchev–Trinajstić information content (AvgIpc) is 2.48. The minimum atomic E-state index is -0.835. The third-order valence-corrected chi connectivity index (χ3v) is 3.76. The van der Waals surface area contributed by atoms with Crippen LogP contribution in [0.4, 0.5) is 0 Å². The van der Waals surface area contributed by atoms with Gasteiger partial charge in [0.15, 0.2) is 0 Å². The Kier molecular flexibility index (Phi) is 3.87. The van der Waals surface area contributed by atoms with Gasteiger partial charge < -0.3 is 9.84 Å². The van der Waals surface area contributed by atoms with E-state index < -0.39 is 5.60 Å². The molecule has 0 aliphatic carbocycles. The Morgan fingerprint density at radius 2 is 2.07 bits per heavy atom. The number of rotatable bonds is 4. The number of hydrogen-bond acceptors (Lipinski definition) is 4. The van der Waals surface area contributed by atoms with E-state index in [-0.39, 0.29) is 0 Å². The minimum Gasteiger partial charge on any atom is -0.385 e. The Bertz CT molecular complexity index is 326. The lowest BCUT2D eigenvalue weighted by Crippen LogP contribution is -2.16. The summed E-state index contributed by atoms with van der Waals surface area (Å²) in [5, 5.41) is 11.1. The first-order chi connectivity index (χ1) is 6.86. The van der Waals surface area contributed by atoms with Crippen LogP contribution in [-0.2, 0) is 16.9 Å². The first-order valence-corrected chi connectivity index (χ1v) is 5.89. The SMILES string of the molecule is COCc1nc(C(C)C)sc1C(C)(C)O. The van der Waals surface area contributed by atoms with Gasteiger partial charge in [-0.1, -0.05) is 13.8 Å². The fourth-order valence-corrected chi connectivity index (χ4v) is 2.40. The Morgan fingerprint density at radius 3 is 2.47 bits per heavy atom. The highest BCUT2D eigenvalue weighted by molar-refractivity contribution is 7.12. The second-order valence-electron chi connectivity index (χ2n) is 4.47. The summed E-state index contributed by atoms with van der Waals surface area (Å²) in [5.74, 6) is 0.390. The molecule has 1 aromatic rings. The van der Waals surface area contributed by atoms with E-state index in [1.165, 1.54) is 0 Å². The molecule has 4 heteroatoms. The van der Waals surface area contributed by atoms with Crippen LogP contribution in [0, 0.1) is 0 Å². The predicted octanol–water partition coefficient (Wildman–Crippen LogP) is 2.64.